The van der Waals surface area contributed by atoms with Crippen LogP contribution < -0.4 is 15.4 Å². The van der Waals surface area contributed by atoms with Crippen molar-refractivity contribution < 1.29 is 18.3 Å². The summed E-state index contributed by atoms with van der Waals surface area (Å²) in [5.41, 5.74) is 8.82. The molecule has 0 spiro atoms. The topological polar surface area (TPSA) is 55.6 Å². The molecular formula is C23H22F2N2O2S. The summed E-state index contributed by atoms with van der Waals surface area (Å²) < 4.78 is 30.8. The second-order valence-corrected chi connectivity index (χ2v) is 7.64. The smallest absolute Gasteiger partial charge is 0.288 e. The largest absolute Gasteiger partial charge is 0.496 e. The third-order valence-electron chi connectivity index (χ3n) is 4.52. The van der Waals surface area contributed by atoms with E-state index in [1.807, 2.05) is 60.7 Å². The van der Waals surface area contributed by atoms with Crippen molar-refractivity contribution in [1.29, 1.82) is 0 Å². The molecule has 0 heterocycles. The molecule has 2 N–H and O–H groups in total. The molecular weight excluding hydrogens is 406 g/mol. The van der Waals surface area contributed by atoms with Crippen LogP contribution in [-0.4, -0.2) is 18.8 Å². The molecule has 7 heteroatoms. The van der Waals surface area contributed by atoms with Gasteiger partial charge in [0, 0.05) is 21.8 Å². The summed E-state index contributed by atoms with van der Waals surface area (Å²) in [6.07, 6.45) is 0.173. The molecule has 0 aromatic heterocycles. The maximum absolute atomic E-state index is 12.6. The molecule has 0 radical (unpaired) electrons. The minimum Gasteiger partial charge on any atom is -0.496 e. The number of thioether (sulfide) groups is 1. The van der Waals surface area contributed by atoms with E-state index >= 15 is 0 Å². The van der Waals surface area contributed by atoms with Crippen LogP contribution >= 0.6 is 11.8 Å². The Kier molecular flexibility index (Phi) is 7.30. The van der Waals surface area contributed by atoms with E-state index in [2.05, 4.69) is 4.90 Å². The van der Waals surface area contributed by atoms with Gasteiger partial charge in [-0.05, 0) is 48.0 Å². The van der Waals surface area contributed by atoms with Gasteiger partial charge >= 0.3 is 0 Å². The van der Waals surface area contributed by atoms with Gasteiger partial charge in [-0.3, -0.25) is 4.79 Å². The van der Waals surface area contributed by atoms with Crippen molar-refractivity contribution in [2.45, 2.75) is 23.6 Å². The summed E-state index contributed by atoms with van der Waals surface area (Å²) in [6.45, 7) is 0.514. The zero-order chi connectivity index (χ0) is 21.5. The molecule has 0 fully saturated rings. The number of hydrogen-bond donors (Lipinski definition) is 1. The Morgan fingerprint density at radius 1 is 1.00 bits per heavy atom. The molecule has 0 bridgehead atoms. The molecule has 0 atom stereocenters. The number of amides is 1. The van der Waals surface area contributed by atoms with Crippen molar-refractivity contribution in [3.63, 3.8) is 0 Å². The number of alkyl halides is 2. The van der Waals surface area contributed by atoms with Crippen LogP contribution in [0.15, 0.2) is 77.7 Å². The number of carbonyl (C=O) groups is 1. The number of para-hydroxylation sites is 1. The number of hydrogen-bond acceptors (Lipinski definition) is 4. The van der Waals surface area contributed by atoms with Gasteiger partial charge in [0.15, 0.2) is 0 Å². The minimum atomic E-state index is -2.46. The molecule has 0 aliphatic heterocycles. The first kappa shape index (κ1) is 21.6. The number of carbonyl (C=O) groups excluding carboxylic acids is 1. The average molecular weight is 429 g/mol. The Balaban J connectivity index is 1.95. The number of primary amides is 1. The highest BCUT2D eigenvalue weighted by Crippen LogP contribution is 2.33. The fourth-order valence-electron chi connectivity index (χ4n) is 3.14. The van der Waals surface area contributed by atoms with Crippen LogP contribution in [0.25, 0.3) is 0 Å². The molecule has 156 valence electrons. The van der Waals surface area contributed by atoms with Crippen LogP contribution in [0.3, 0.4) is 0 Å². The molecule has 4 nitrogen and oxygen atoms in total. The number of anilines is 2. The predicted molar refractivity (Wildman–Crippen MR) is 116 cm³/mol. The highest BCUT2D eigenvalue weighted by Gasteiger charge is 2.14. The van der Waals surface area contributed by atoms with Crippen molar-refractivity contribution in [3.05, 3.63) is 83.9 Å². The number of rotatable bonds is 9. The normalized spacial score (nSPS) is 10.8. The fourth-order valence-corrected chi connectivity index (χ4v) is 3.64. The van der Waals surface area contributed by atoms with E-state index in [9.17, 15) is 13.6 Å². The summed E-state index contributed by atoms with van der Waals surface area (Å²) in [7, 11) is 1.62. The Hall–Kier alpha value is -3.06. The first-order valence-corrected chi connectivity index (χ1v) is 10.2. The summed E-state index contributed by atoms with van der Waals surface area (Å²) in [4.78, 5) is 13.7. The quantitative estimate of drug-likeness (QED) is 0.465. The zero-order valence-electron chi connectivity index (χ0n) is 16.4. The van der Waals surface area contributed by atoms with E-state index in [0.29, 0.717) is 23.2 Å². The van der Waals surface area contributed by atoms with E-state index in [4.69, 9.17) is 10.5 Å². The average Bonchev–Trinajstić information content (AvgIpc) is 2.73. The number of ether oxygens (including phenoxy) is 1. The third kappa shape index (κ3) is 5.73. The lowest BCUT2D eigenvalue weighted by atomic mass is 10.1. The summed E-state index contributed by atoms with van der Waals surface area (Å²) in [5, 5.41) is 0. The highest BCUT2D eigenvalue weighted by molar-refractivity contribution is 7.99. The van der Waals surface area contributed by atoms with Gasteiger partial charge in [-0.25, -0.2) is 0 Å². The van der Waals surface area contributed by atoms with Gasteiger partial charge in [0.25, 0.3) is 5.76 Å². The van der Waals surface area contributed by atoms with Crippen molar-refractivity contribution in [3.8, 4) is 5.75 Å². The molecule has 0 aliphatic rings. The van der Waals surface area contributed by atoms with Gasteiger partial charge in [-0.2, -0.15) is 8.78 Å². The van der Waals surface area contributed by atoms with E-state index in [1.54, 1.807) is 19.2 Å². The van der Waals surface area contributed by atoms with Gasteiger partial charge in [0.2, 0.25) is 5.91 Å². The lowest BCUT2D eigenvalue weighted by Crippen LogP contribution is -2.17. The highest BCUT2D eigenvalue weighted by atomic mass is 32.2. The number of methoxy groups -OCH3 is 1. The lowest BCUT2D eigenvalue weighted by Gasteiger charge is -2.26. The maximum atomic E-state index is 12.6. The van der Waals surface area contributed by atoms with Gasteiger partial charge in [-0.1, -0.05) is 42.1 Å². The van der Waals surface area contributed by atoms with Crippen LogP contribution in [0.1, 0.15) is 11.1 Å². The maximum Gasteiger partial charge on any atom is 0.288 e. The van der Waals surface area contributed by atoms with E-state index < -0.39 is 5.76 Å². The molecule has 3 rings (SSSR count). The minimum absolute atomic E-state index is 0.173. The van der Waals surface area contributed by atoms with E-state index in [0.717, 1.165) is 28.3 Å². The van der Waals surface area contributed by atoms with E-state index in [1.165, 1.54) is 0 Å². The van der Waals surface area contributed by atoms with Gasteiger partial charge in [-0.15, -0.1) is 0 Å². The van der Waals surface area contributed by atoms with Crippen LogP contribution in [0.5, 0.6) is 5.75 Å². The number of nitrogens with zero attached hydrogens (tertiary/aromatic N) is 1. The monoisotopic (exact) mass is 428 g/mol. The molecule has 3 aromatic carbocycles. The van der Waals surface area contributed by atoms with Crippen molar-refractivity contribution in [2.24, 2.45) is 5.73 Å². The Morgan fingerprint density at radius 2 is 1.60 bits per heavy atom. The summed E-state index contributed by atoms with van der Waals surface area (Å²) >= 11 is 0.517. The number of nitrogens with two attached hydrogens (primary N) is 1. The molecule has 0 saturated carbocycles. The Morgan fingerprint density at radius 3 is 2.17 bits per heavy atom. The Bertz CT molecular complexity index is 979. The van der Waals surface area contributed by atoms with Crippen LogP contribution in [0, 0.1) is 0 Å². The first-order valence-electron chi connectivity index (χ1n) is 9.28. The predicted octanol–water partition coefficient (Wildman–Crippen LogP) is 5.38. The molecule has 0 unspecified atom stereocenters. The molecule has 0 aliphatic carbocycles. The number of benzene rings is 3. The van der Waals surface area contributed by atoms with E-state index in [-0.39, 0.29) is 12.3 Å². The molecule has 3 aromatic rings. The third-order valence-corrected chi connectivity index (χ3v) is 5.24. The molecule has 30 heavy (non-hydrogen) atoms. The summed E-state index contributed by atoms with van der Waals surface area (Å²) in [5.74, 6) is -2.09. The first-order chi connectivity index (χ1) is 14.5. The lowest BCUT2D eigenvalue weighted by molar-refractivity contribution is -0.117. The second-order valence-electron chi connectivity index (χ2n) is 6.58. The molecule has 1 amide bonds. The van der Waals surface area contributed by atoms with Crippen LogP contribution in [0.2, 0.25) is 0 Å². The SMILES string of the molecule is COc1ccccc1CN(c1ccc(CC(N)=O)cc1)c1ccc(SC(F)F)cc1. The van der Waals surface area contributed by atoms with Crippen LogP contribution in [0.4, 0.5) is 20.2 Å². The van der Waals surface area contributed by atoms with Crippen LogP contribution in [-0.2, 0) is 17.8 Å². The van der Waals surface area contributed by atoms with Gasteiger partial charge < -0.3 is 15.4 Å². The Labute approximate surface area is 178 Å². The molecule has 0 saturated heterocycles. The summed E-state index contributed by atoms with van der Waals surface area (Å²) in [6, 6.07) is 22.3. The fraction of sp³-hybridized carbons (Fsp3) is 0.174. The van der Waals surface area contributed by atoms with Crippen molar-refractivity contribution in [2.75, 3.05) is 12.0 Å². The van der Waals surface area contributed by atoms with Crippen molar-refractivity contribution >= 4 is 29.0 Å². The zero-order valence-corrected chi connectivity index (χ0v) is 17.2. The van der Waals surface area contributed by atoms with Gasteiger partial charge in [0.05, 0.1) is 20.1 Å². The second kappa shape index (κ2) is 10.1. The van der Waals surface area contributed by atoms with Gasteiger partial charge in [0.1, 0.15) is 5.75 Å². The number of halogens is 2. The van der Waals surface area contributed by atoms with Crippen molar-refractivity contribution in [1.82, 2.24) is 0 Å². The standard InChI is InChI=1S/C23H22F2N2O2S/c1-29-21-5-3-2-4-17(21)15-27(18-8-6-16(7-9-18)14-22(26)28)19-10-12-20(13-11-19)30-23(24)25/h2-13,23H,14-15H2,1H3,(H2,26,28).